The SMILES string of the molecule is CSc1ncc(C(=O)N2CCN(C(C)C(=O)N3CCCCC3)CC2)n1-c1ccccc1. The van der Waals surface area contributed by atoms with Crippen LogP contribution in [0, 0.1) is 0 Å². The van der Waals surface area contributed by atoms with Crippen LogP contribution < -0.4 is 0 Å². The second-order valence-corrected chi connectivity index (χ2v) is 8.96. The maximum absolute atomic E-state index is 13.3. The minimum atomic E-state index is -0.131. The van der Waals surface area contributed by atoms with Crippen molar-refractivity contribution in [1.82, 2.24) is 24.3 Å². The number of para-hydroxylation sites is 1. The van der Waals surface area contributed by atoms with Gasteiger partial charge < -0.3 is 9.80 Å². The number of piperazine rings is 1. The van der Waals surface area contributed by atoms with Crippen molar-refractivity contribution < 1.29 is 9.59 Å². The average molecular weight is 442 g/mol. The van der Waals surface area contributed by atoms with E-state index in [4.69, 9.17) is 0 Å². The topological polar surface area (TPSA) is 61.7 Å². The van der Waals surface area contributed by atoms with Crippen molar-refractivity contribution >= 4 is 23.6 Å². The number of rotatable bonds is 5. The Morgan fingerprint density at radius 1 is 0.935 bits per heavy atom. The van der Waals surface area contributed by atoms with Gasteiger partial charge in [-0.3, -0.25) is 19.1 Å². The Hall–Kier alpha value is -2.32. The van der Waals surface area contributed by atoms with E-state index in [9.17, 15) is 9.59 Å². The molecule has 2 aliphatic heterocycles. The molecule has 2 fully saturated rings. The molecule has 0 spiro atoms. The molecule has 0 radical (unpaired) electrons. The van der Waals surface area contributed by atoms with Gasteiger partial charge in [0.15, 0.2) is 5.16 Å². The van der Waals surface area contributed by atoms with Crippen LogP contribution in [0.5, 0.6) is 0 Å². The summed E-state index contributed by atoms with van der Waals surface area (Å²) in [5.74, 6) is 0.220. The first-order valence-corrected chi connectivity index (χ1v) is 12.3. The second kappa shape index (κ2) is 9.87. The molecule has 1 aromatic carbocycles. The number of hydrogen-bond donors (Lipinski definition) is 0. The maximum atomic E-state index is 13.3. The summed E-state index contributed by atoms with van der Waals surface area (Å²) in [5, 5.41) is 0.800. The van der Waals surface area contributed by atoms with Gasteiger partial charge in [-0.05, 0) is 44.6 Å². The van der Waals surface area contributed by atoms with E-state index in [1.54, 1.807) is 6.20 Å². The van der Waals surface area contributed by atoms with Gasteiger partial charge in [0.2, 0.25) is 5.91 Å². The number of piperidine rings is 1. The molecular weight excluding hydrogens is 410 g/mol. The third-order valence-corrected chi connectivity index (χ3v) is 6.97. The van der Waals surface area contributed by atoms with Crippen LogP contribution in [0.1, 0.15) is 36.7 Å². The zero-order valence-electron chi connectivity index (χ0n) is 18.4. The fourth-order valence-electron chi connectivity index (χ4n) is 4.47. The number of thioether (sulfide) groups is 1. The Bertz CT molecular complexity index is 902. The Labute approximate surface area is 188 Å². The van der Waals surface area contributed by atoms with E-state index in [0.29, 0.717) is 31.9 Å². The molecule has 2 amide bonds. The number of benzene rings is 1. The van der Waals surface area contributed by atoms with Crippen LogP contribution in [-0.4, -0.2) is 87.6 Å². The highest BCUT2D eigenvalue weighted by molar-refractivity contribution is 7.98. The van der Waals surface area contributed by atoms with E-state index in [0.717, 1.165) is 36.8 Å². The first-order chi connectivity index (χ1) is 15.1. The third kappa shape index (κ3) is 4.65. The molecular formula is C23H31N5O2S. The zero-order chi connectivity index (χ0) is 21.8. The molecule has 0 aliphatic carbocycles. The smallest absolute Gasteiger partial charge is 0.272 e. The van der Waals surface area contributed by atoms with Gasteiger partial charge >= 0.3 is 0 Å². The van der Waals surface area contributed by atoms with Gasteiger partial charge in [0.25, 0.3) is 5.91 Å². The number of likely N-dealkylation sites (tertiary alicyclic amines) is 1. The fourth-order valence-corrected chi connectivity index (χ4v) is 5.01. The molecule has 8 heteroatoms. The van der Waals surface area contributed by atoms with Crippen molar-refractivity contribution in [2.24, 2.45) is 0 Å². The van der Waals surface area contributed by atoms with Gasteiger partial charge in [-0.2, -0.15) is 0 Å². The molecule has 0 saturated carbocycles. The van der Waals surface area contributed by atoms with Crippen molar-refractivity contribution in [2.75, 3.05) is 45.5 Å². The van der Waals surface area contributed by atoms with E-state index in [1.165, 1.54) is 18.2 Å². The molecule has 0 N–H and O–H groups in total. The Morgan fingerprint density at radius 2 is 1.61 bits per heavy atom. The van der Waals surface area contributed by atoms with Crippen LogP contribution in [0.4, 0.5) is 0 Å². The van der Waals surface area contributed by atoms with Gasteiger partial charge in [0.05, 0.1) is 12.2 Å². The molecule has 1 unspecified atom stereocenters. The fraction of sp³-hybridized carbons (Fsp3) is 0.522. The Kier molecular flexibility index (Phi) is 6.97. The van der Waals surface area contributed by atoms with Gasteiger partial charge in [0, 0.05) is 45.0 Å². The molecule has 2 aliphatic rings. The molecule has 31 heavy (non-hydrogen) atoms. The molecule has 4 rings (SSSR count). The van der Waals surface area contributed by atoms with Crippen molar-refractivity contribution in [2.45, 2.75) is 37.4 Å². The molecule has 2 saturated heterocycles. The van der Waals surface area contributed by atoms with E-state index in [1.807, 2.05) is 57.9 Å². The summed E-state index contributed by atoms with van der Waals surface area (Å²) in [5.41, 5.74) is 1.52. The second-order valence-electron chi connectivity index (χ2n) is 8.19. The number of nitrogens with zero attached hydrogens (tertiary/aromatic N) is 5. The monoisotopic (exact) mass is 441 g/mol. The van der Waals surface area contributed by atoms with Crippen molar-refractivity contribution in [3.8, 4) is 5.69 Å². The Morgan fingerprint density at radius 3 is 2.26 bits per heavy atom. The van der Waals surface area contributed by atoms with Crippen LogP contribution in [-0.2, 0) is 4.79 Å². The predicted molar refractivity (Wildman–Crippen MR) is 123 cm³/mol. The highest BCUT2D eigenvalue weighted by Crippen LogP contribution is 2.23. The summed E-state index contributed by atoms with van der Waals surface area (Å²) < 4.78 is 1.93. The van der Waals surface area contributed by atoms with Crippen molar-refractivity contribution in [3.05, 3.63) is 42.2 Å². The summed E-state index contributed by atoms with van der Waals surface area (Å²) in [7, 11) is 0. The summed E-state index contributed by atoms with van der Waals surface area (Å²) in [4.78, 5) is 36.8. The van der Waals surface area contributed by atoms with Crippen LogP contribution in [0.15, 0.2) is 41.7 Å². The quantitative estimate of drug-likeness (QED) is 0.668. The lowest BCUT2D eigenvalue weighted by atomic mass is 10.1. The summed E-state index contributed by atoms with van der Waals surface area (Å²) >= 11 is 1.53. The average Bonchev–Trinajstić information content (AvgIpc) is 3.28. The van der Waals surface area contributed by atoms with Gasteiger partial charge in [-0.15, -0.1) is 0 Å². The Balaban J connectivity index is 1.42. The summed E-state index contributed by atoms with van der Waals surface area (Å²) in [6.45, 7) is 6.41. The summed E-state index contributed by atoms with van der Waals surface area (Å²) in [6, 6.07) is 9.74. The van der Waals surface area contributed by atoms with Crippen LogP contribution >= 0.6 is 11.8 Å². The number of imidazole rings is 1. The van der Waals surface area contributed by atoms with Crippen LogP contribution in [0.2, 0.25) is 0 Å². The zero-order valence-corrected chi connectivity index (χ0v) is 19.2. The highest BCUT2D eigenvalue weighted by atomic mass is 32.2. The van der Waals surface area contributed by atoms with E-state index in [-0.39, 0.29) is 17.9 Å². The van der Waals surface area contributed by atoms with Gasteiger partial charge in [-0.25, -0.2) is 4.98 Å². The van der Waals surface area contributed by atoms with Crippen LogP contribution in [0.25, 0.3) is 5.69 Å². The maximum Gasteiger partial charge on any atom is 0.272 e. The minimum Gasteiger partial charge on any atom is -0.341 e. The molecule has 3 heterocycles. The van der Waals surface area contributed by atoms with E-state index >= 15 is 0 Å². The lowest BCUT2D eigenvalue weighted by molar-refractivity contribution is -0.137. The summed E-state index contributed by atoms with van der Waals surface area (Å²) in [6.07, 6.45) is 7.07. The molecule has 1 aromatic heterocycles. The lowest BCUT2D eigenvalue weighted by Gasteiger charge is -2.39. The standard InChI is InChI=1S/C23H31N5O2S/c1-18(21(29)26-11-7-4-8-12-26)25-13-15-27(16-14-25)22(30)20-17-24-23(31-2)28(20)19-9-5-3-6-10-19/h3,5-6,9-10,17-18H,4,7-8,11-16H2,1-2H3. The number of hydrogen-bond acceptors (Lipinski definition) is 5. The highest BCUT2D eigenvalue weighted by Gasteiger charge is 2.32. The van der Waals surface area contributed by atoms with E-state index in [2.05, 4.69) is 9.88 Å². The number of aromatic nitrogens is 2. The minimum absolute atomic E-state index is 0.00804. The first-order valence-electron chi connectivity index (χ1n) is 11.1. The number of carbonyl (C=O) groups excluding carboxylic acids is 2. The largest absolute Gasteiger partial charge is 0.341 e. The van der Waals surface area contributed by atoms with E-state index < -0.39 is 0 Å². The molecule has 166 valence electrons. The van der Waals surface area contributed by atoms with Crippen LogP contribution in [0.3, 0.4) is 0 Å². The third-order valence-electron chi connectivity index (χ3n) is 6.32. The lowest BCUT2D eigenvalue weighted by Crippen LogP contribution is -2.56. The van der Waals surface area contributed by atoms with Crippen molar-refractivity contribution in [1.29, 1.82) is 0 Å². The number of carbonyl (C=O) groups is 2. The number of amides is 2. The molecule has 1 atom stereocenters. The molecule has 0 bridgehead atoms. The van der Waals surface area contributed by atoms with Gasteiger partial charge in [0.1, 0.15) is 5.69 Å². The predicted octanol–water partition coefficient (Wildman–Crippen LogP) is 2.75. The normalized spacial score (nSPS) is 18.8. The molecule has 7 nitrogen and oxygen atoms in total. The van der Waals surface area contributed by atoms with Gasteiger partial charge in [-0.1, -0.05) is 30.0 Å². The molecule has 2 aromatic rings. The van der Waals surface area contributed by atoms with Crippen molar-refractivity contribution in [3.63, 3.8) is 0 Å². The first kappa shape index (κ1) is 21.9.